The highest BCUT2D eigenvalue weighted by Crippen LogP contribution is 2.26. The van der Waals surface area contributed by atoms with E-state index in [-0.39, 0.29) is 0 Å². The lowest BCUT2D eigenvalue weighted by atomic mass is 10.1. The number of aromatic nitrogens is 3. The molecule has 0 amide bonds. The first-order chi connectivity index (χ1) is 8.75. The maximum atomic E-state index is 6.08. The Balaban J connectivity index is 2.06. The Labute approximate surface area is 111 Å². The third-order valence-corrected chi connectivity index (χ3v) is 3.61. The van der Waals surface area contributed by atoms with Crippen LogP contribution in [0.1, 0.15) is 30.3 Å². The Morgan fingerprint density at radius 1 is 1.44 bits per heavy atom. The van der Waals surface area contributed by atoms with Crippen molar-refractivity contribution >= 4 is 11.6 Å². The zero-order chi connectivity index (χ0) is 12.5. The Bertz CT molecular complexity index is 558. The molecule has 0 aliphatic carbocycles. The molecule has 1 aliphatic heterocycles. The van der Waals surface area contributed by atoms with Gasteiger partial charge in [0.1, 0.15) is 6.33 Å². The van der Waals surface area contributed by atoms with Gasteiger partial charge in [0.2, 0.25) is 0 Å². The minimum Gasteiger partial charge on any atom is -0.307 e. The molecule has 2 heterocycles. The predicted molar refractivity (Wildman–Crippen MR) is 71.1 cm³/mol. The van der Waals surface area contributed by atoms with E-state index in [2.05, 4.69) is 22.4 Å². The molecule has 1 atom stereocenters. The van der Waals surface area contributed by atoms with Crippen LogP contribution in [0.5, 0.6) is 0 Å². The predicted octanol–water partition coefficient (Wildman–Crippen LogP) is 2.65. The summed E-state index contributed by atoms with van der Waals surface area (Å²) in [6.07, 6.45) is 4.05. The molecule has 1 aromatic heterocycles. The largest absolute Gasteiger partial charge is 0.307 e. The van der Waals surface area contributed by atoms with E-state index in [0.29, 0.717) is 6.04 Å². The summed E-state index contributed by atoms with van der Waals surface area (Å²) < 4.78 is 2.03. The lowest BCUT2D eigenvalue weighted by molar-refractivity contribution is 0.592. The number of rotatable bonds is 2. The summed E-state index contributed by atoms with van der Waals surface area (Å²) in [7, 11) is 0. The molecule has 0 spiro atoms. The number of hydrogen-bond acceptors (Lipinski definition) is 3. The second-order valence-corrected chi connectivity index (χ2v) is 5.08. The first-order valence-corrected chi connectivity index (χ1v) is 6.53. The Kier molecular flexibility index (Phi) is 3.06. The van der Waals surface area contributed by atoms with Gasteiger partial charge in [0, 0.05) is 5.02 Å². The van der Waals surface area contributed by atoms with Crippen LogP contribution >= 0.6 is 11.6 Å². The van der Waals surface area contributed by atoms with Gasteiger partial charge in [-0.25, -0.2) is 0 Å². The van der Waals surface area contributed by atoms with Gasteiger partial charge in [0.15, 0.2) is 5.82 Å². The van der Waals surface area contributed by atoms with Gasteiger partial charge in [-0.2, -0.15) is 0 Å². The number of nitrogens with zero attached hydrogens (tertiary/aromatic N) is 3. The molecule has 0 radical (unpaired) electrons. The SMILES string of the molecule is Cc1ccc(Cl)cc1-n1cnnc1C1CCCN1. The average Bonchev–Trinajstić information content (AvgIpc) is 3.00. The molecule has 94 valence electrons. The van der Waals surface area contributed by atoms with E-state index in [4.69, 9.17) is 11.6 Å². The standard InChI is InChI=1S/C13H15ClN4/c1-9-4-5-10(14)7-12(9)18-8-16-17-13(18)11-3-2-6-15-11/h4-5,7-8,11,15H,2-3,6H2,1H3. The van der Waals surface area contributed by atoms with Gasteiger partial charge in [0.25, 0.3) is 0 Å². The van der Waals surface area contributed by atoms with Crippen LogP contribution in [-0.4, -0.2) is 21.3 Å². The second-order valence-electron chi connectivity index (χ2n) is 4.64. The molecule has 1 unspecified atom stereocenters. The molecule has 4 nitrogen and oxygen atoms in total. The molecule has 1 N–H and O–H groups in total. The van der Waals surface area contributed by atoms with Crippen LogP contribution in [0.15, 0.2) is 24.5 Å². The number of nitrogens with one attached hydrogen (secondary N) is 1. The van der Waals surface area contributed by atoms with E-state index in [1.165, 1.54) is 12.0 Å². The van der Waals surface area contributed by atoms with Gasteiger partial charge in [-0.3, -0.25) is 4.57 Å². The first kappa shape index (κ1) is 11.7. The summed E-state index contributed by atoms with van der Waals surface area (Å²) >= 11 is 6.08. The molecule has 2 aromatic rings. The van der Waals surface area contributed by atoms with Crippen LogP contribution in [-0.2, 0) is 0 Å². The van der Waals surface area contributed by atoms with E-state index in [0.717, 1.165) is 29.5 Å². The first-order valence-electron chi connectivity index (χ1n) is 6.15. The van der Waals surface area contributed by atoms with E-state index in [1.807, 2.05) is 22.8 Å². The van der Waals surface area contributed by atoms with Crippen molar-refractivity contribution in [2.75, 3.05) is 6.54 Å². The summed E-state index contributed by atoms with van der Waals surface area (Å²) in [4.78, 5) is 0. The molecule has 18 heavy (non-hydrogen) atoms. The molecular weight excluding hydrogens is 248 g/mol. The van der Waals surface area contributed by atoms with E-state index < -0.39 is 0 Å². The summed E-state index contributed by atoms with van der Waals surface area (Å²) in [5, 5.41) is 12.5. The topological polar surface area (TPSA) is 42.7 Å². The van der Waals surface area contributed by atoms with Crippen molar-refractivity contribution in [1.82, 2.24) is 20.1 Å². The molecule has 1 fully saturated rings. The van der Waals surface area contributed by atoms with Gasteiger partial charge in [-0.15, -0.1) is 10.2 Å². The van der Waals surface area contributed by atoms with Crippen LogP contribution < -0.4 is 5.32 Å². The third kappa shape index (κ3) is 2.02. The zero-order valence-corrected chi connectivity index (χ0v) is 11.0. The monoisotopic (exact) mass is 262 g/mol. The van der Waals surface area contributed by atoms with Crippen LogP contribution in [0.2, 0.25) is 5.02 Å². The minimum absolute atomic E-state index is 0.297. The van der Waals surface area contributed by atoms with Crippen molar-refractivity contribution in [3.63, 3.8) is 0 Å². The molecule has 0 saturated carbocycles. The highest BCUT2D eigenvalue weighted by Gasteiger charge is 2.22. The Morgan fingerprint density at radius 3 is 3.11 bits per heavy atom. The van der Waals surface area contributed by atoms with Gasteiger partial charge in [-0.05, 0) is 44.0 Å². The summed E-state index contributed by atoms with van der Waals surface area (Å²) in [5.74, 6) is 0.970. The number of benzene rings is 1. The number of hydrogen-bond donors (Lipinski definition) is 1. The van der Waals surface area contributed by atoms with Crippen molar-refractivity contribution in [3.8, 4) is 5.69 Å². The zero-order valence-electron chi connectivity index (χ0n) is 10.2. The van der Waals surface area contributed by atoms with E-state index >= 15 is 0 Å². The lowest BCUT2D eigenvalue weighted by Gasteiger charge is -2.14. The van der Waals surface area contributed by atoms with E-state index in [9.17, 15) is 0 Å². The maximum absolute atomic E-state index is 6.08. The molecule has 1 aromatic carbocycles. The van der Waals surface area contributed by atoms with Crippen molar-refractivity contribution in [2.24, 2.45) is 0 Å². The van der Waals surface area contributed by atoms with Gasteiger partial charge < -0.3 is 5.32 Å². The number of halogens is 1. The quantitative estimate of drug-likeness (QED) is 0.905. The molecule has 1 aliphatic rings. The van der Waals surface area contributed by atoms with Crippen molar-refractivity contribution in [2.45, 2.75) is 25.8 Å². The Morgan fingerprint density at radius 2 is 2.33 bits per heavy atom. The van der Waals surface area contributed by atoms with Gasteiger partial charge in [0.05, 0.1) is 11.7 Å². The van der Waals surface area contributed by atoms with Crippen LogP contribution in [0.4, 0.5) is 0 Å². The summed E-state index contributed by atoms with van der Waals surface area (Å²) in [6.45, 7) is 3.11. The summed E-state index contributed by atoms with van der Waals surface area (Å²) in [5.41, 5.74) is 2.22. The minimum atomic E-state index is 0.297. The highest BCUT2D eigenvalue weighted by molar-refractivity contribution is 6.30. The molecule has 5 heteroatoms. The fraction of sp³-hybridized carbons (Fsp3) is 0.385. The van der Waals surface area contributed by atoms with Crippen molar-refractivity contribution in [3.05, 3.63) is 40.9 Å². The molecule has 1 saturated heterocycles. The second kappa shape index (κ2) is 4.71. The smallest absolute Gasteiger partial charge is 0.154 e. The normalized spacial score (nSPS) is 19.3. The fourth-order valence-electron chi connectivity index (χ4n) is 2.41. The number of aryl methyl sites for hydroxylation is 1. The lowest BCUT2D eigenvalue weighted by Crippen LogP contribution is -2.17. The Hall–Kier alpha value is -1.39. The van der Waals surface area contributed by atoms with E-state index in [1.54, 1.807) is 6.33 Å². The highest BCUT2D eigenvalue weighted by atomic mass is 35.5. The van der Waals surface area contributed by atoms with Crippen LogP contribution in [0.3, 0.4) is 0 Å². The van der Waals surface area contributed by atoms with Gasteiger partial charge in [-0.1, -0.05) is 17.7 Å². The molecule has 3 rings (SSSR count). The van der Waals surface area contributed by atoms with Crippen molar-refractivity contribution < 1.29 is 0 Å². The van der Waals surface area contributed by atoms with Crippen molar-refractivity contribution in [1.29, 1.82) is 0 Å². The molecule has 0 bridgehead atoms. The third-order valence-electron chi connectivity index (χ3n) is 3.38. The molecular formula is C13H15ClN4. The van der Waals surface area contributed by atoms with Gasteiger partial charge >= 0.3 is 0 Å². The van der Waals surface area contributed by atoms with Crippen LogP contribution in [0, 0.1) is 6.92 Å². The fourth-order valence-corrected chi connectivity index (χ4v) is 2.58. The van der Waals surface area contributed by atoms with Crippen LogP contribution in [0.25, 0.3) is 5.69 Å². The average molecular weight is 263 g/mol. The maximum Gasteiger partial charge on any atom is 0.154 e. The summed E-state index contributed by atoms with van der Waals surface area (Å²) in [6, 6.07) is 6.17.